The van der Waals surface area contributed by atoms with Crippen LogP contribution in [0.25, 0.3) is 0 Å². The second-order valence-electron chi connectivity index (χ2n) is 8.02. The van der Waals surface area contributed by atoms with Gasteiger partial charge in [-0.25, -0.2) is 4.79 Å². The summed E-state index contributed by atoms with van der Waals surface area (Å²) in [5.41, 5.74) is 2.23. The summed E-state index contributed by atoms with van der Waals surface area (Å²) in [5, 5.41) is 2.92. The van der Waals surface area contributed by atoms with Crippen molar-refractivity contribution in [3.05, 3.63) is 52.5 Å². The number of cyclic esters (lactones) is 1. The number of benzene rings is 1. The van der Waals surface area contributed by atoms with Gasteiger partial charge in [-0.15, -0.1) is 11.3 Å². The predicted octanol–water partition coefficient (Wildman–Crippen LogP) is 3.75. The highest BCUT2D eigenvalue weighted by molar-refractivity contribution is 7.09. The molecule has 7 heteroatoms. The van der Waals surface area contributed by atoms with E-state index in [2.05, 4.69) is 10.3 Å². The van der Waals surface area contributed by atoms with Gasteiger partial charge in [0.1, 0.15) is 11.7 Å². The fraction of sp³-hybridized carbons (Fsp3) is 0.476. The second kappa shape index (κ2) is 8.73. The van der Waals surface area contributed by atoms with E-state index in [1.165, 1.54) is 11.3 Å². The lowest BCUT2D eigenvalue weighted by Gasteiger charge is -2.26. The van der Waals surface area contributed by atoms with Crippen molar-refractivity contribution in [1.82, 2.24) is 10.3 Å². The first kappa shape index (κ1) is 20.3. The SMILES string of the molecule is CC(C)(C)OC(=O)NC(Cc1ccccc1)C1C[C@@H](Cc2cncs2)C(=O)O1. The highest BCUT2D eigenvalue weighted by Crippen LogP contribution is 2.29. The second-order valence-corrected chi connectivity index (χ2v) is 8.99. The van der Waals surface area contributed by atoms with E-state index in [4.69, 9.17) is 9.47 Å². The molecule has 2 aromatic rings. The minimum absolute atomic E-state index is 0.218. The molecule has 0 radical (unpaired) electrons. The first-order valence-corrected chi connectivity index (χ1v) is 10.3. The van der Waals surface area contributed by atoms with E-state index in [1.54, 1.807) is 11.7 Å². The van der Waals surface area contributed by atoms with Crippen molar-refractivity contribution >= 4 is 23.4 Å². The van der Waals surface area contributed by atoms with Crippen LogP contribution < -0.4 is 5.32 Å². The Kier molecular flexibility index (Phi) is 6.34. The summed E-state index contributed by atoms with van der Waals surface area (Å²) in [6.07, 6.45) is 2.62. The van der Waals surface area contributed by atoms with Crippen LogP contribution in [-0.2, 0) is 27.1 Å². The Morgan fingerprint density at radius 2 is 2.11 bits per heavy atom. The van der Waals surface area contributed by atoms with Gasteiger partial charge in [0.2, 0.25) is 0 Å². The van der Waals surface area contributed by atoms with Gasteiger partial charge in [-0.05, 0) is 39.2 Å². The maximum atomic E-state index is 12.4. The number of carbonyl (C=O) groups is 2. The Morgan fingerprint density at radius 3 is 2.75 bits per heavy atom. The van der Waals surface area contributed by atoms with Gasteiger partial charge in [0.25, 0.3) is 0 Å². The van der Waals surface area contributed by atoms with Gasteiger partial charge in [0.05, 0.1) is 17.5 Å². The van der Waals surface area contributed by atoms with Crippen molar-refractivity contribution in [2.24, 2.45) is 5.92 Å². The molecule has 1 aromatic heterocycles. The monoisotopic (exact) mass is 402 g/mol. The van der Waals surface area contributed by atoms with Gasteiger partial charge < -0.3 is 14.8 Å². The summed E-state index contributed by atoms with van der Waals surface area (Å²) in [6, 6.07) is 9.48. The molecule has 1 saturated heterocycles. The number of carbonyl (C=O) groups excluding carboxylic acids is 2. The highest BCUT2D eigenvalue weighted by atomic mass is 32.1. The molecule has 3 rings (SSSR count). The van der Waals surface area contributed by atoms with E-state index in [0.717, 1.165) is 10.4 Å². The van der Waals surface area contributed by atoms with Crippen LogP contribution in [0.4, 0.5) is 4.79 Å². The minimum atomic E-state index is -0.595. The molecule has 1 aliphatic heterocycles. The predicted molar refractivity (Wildman–Crippen MR) is 107 cm³/mol. The lowest BCUT2D eigenvalue weighted by atomic mass is 9.94. The summed E-state index contributed by atoms with van der Waals surface area (Å²) in [6.45, 7) is 5.46. The Morgan fingerprint density at radius 1 is 1.36 bits per heavy atom. The summed E-state index contributed by atoms with van der Waals surface area (Å²) in [7, 11) is 0. The first-order valence-electron chi connectivity index (χ1n) is 9.41. The van der Waals surface area contributed by atoms with Crippen molar-refractivity contribution in [3.8, 4) is 0 Å². The van der Waals surface area contributed by atoms with Crippen LogP contribution in [0.3, 0.4) is 0 Å². The van der Waals surface area contributed by atoms with E-state index in [0.29, 0.717) is 19.3 Å². The average molecular weight is 403 g/mol. The summed E-state index contributed by atoms with van der Waals surface area (Å²) >= 11 is 1.53. The lowest BCUT2D eigenvalue weighted by molar-refractivity contribution is -0.145. The maximum absolute atomic E-state index is 12.4. The van der Waals surface area contributed by atoms with Crippen LogP contribution in [0.2, 0.25) is 0 Å². The number of hydrogen-bond acceptors (Lipinski definition) is 6. The Hall–Kier alpha value is -2.41. The molecule has 0 spiro atoms. The van der Waals surface area contributed by atoms with E-state index in [-0.39, 0.29) is 17.9 Å². The molecule has 150 valence electrons. The van der Waals surface area contributed by atoms with Crippen LogP contribution in [-0.4, -0.2) is 34.8 Å². The molecule has 1 fully saturated rings. The molecular weight excluding hydrogens is 376 g/mol. The third-order valence-electron chi connectivity index (χ3n) is 4.50. The molecule has 2 unspecified atom stereocenters. The number of hydrogen-bond donors (Lipinski definition) is 1. The summed E-state index contributed by atoms with van der Waals surface area (Å²) < 4.78 is 11.1. The smallest absolute Gasteiger partial charge is 0.408 e. The summed E-state index contributed by atoms with van der Waals surface area (Å²) in [5.74, 6) is -0.438. The van der Waals surface area contributed by atoms with Gasteiger partial charge in [0, 0.05) is 17.5 Å². The normalized spacial score (nSPS) is 20.5. The molecular formula is C21H26N2O4S. The molecule has 1 aromatic carbocycles. The number of nitrogens with one attached hydrogen (secondary N) is 1. The number of thiazole rings is 1. The van der Waals surface area contributed by atoms with Crippen LogP contribution in [0, 0.1) is 5.92 Å². The lowest BCUT2D eigenvalue weighted by Crippen LogP contribution is -2.46. The highest BCUT2D eigenvalue weighted by Gasteiger charge is 2.40. The number of rotatable bonds is 6. The largest absolute Gasteiger partial charge is 0.460 e. The van der Waals surface area contributed by atoms with E-state index in [1.807, 2.05) is 51.1 Å². The number of nitrogens with zero attached hydrogens (tertiary/aromatic N) is 1. The van der Waals surface area contributed by atoms with Crippen LogP contribution >= 0.6 is 11.3 Å². The van der Waals surface area contributed by atoms with Crippen LogP contribution in [0.15, 0.2) is 42.0 Å². The number of ether oxygens (including phenoxy) is 2. The molecule has 0 bridgehead atoms. The number of esters is 1. The fourth-order valence-corrected chi connectivity index (χ4v) is 3.95. The fourth-order valence-electron chi connectivity index (χ4n) is 3.27. The topological polar surface area (TPSA) is 77.5 Å². The first-order chi connectivity index (χ1) is 13.3. The third-order valence-corrected chi connectivity index (χ3v) is 5.30. The Labute approximate surface area is 169 Å². The van der Waals surface area contributed by atoms with E-state index < -0.39 is 17.8 Å². The van der Waals surface area contributed by atoms with Crippen molar-refractivity contribution < 1.29 is 19.1 Å². The zero-order valence-corrected chi connectivity index (χ0v) is 17.2. The van der Waals surface area contributed by atoms with Crippen molar-refractivity contribution in [2.75, 3.05) is 0 Å². The minimum Gasteiger partial charge on any atom is -0.460 e. The van der Waals surface area contributed by atoms with Gasteiger partial charge >= 0.3 is 12.1 Å². The standard InChI is InChI=1S/C21H26N2O4S/c1-21(2,3)27-20(25)23-17(9-14-7-5-4-6-8-14)18-11-15(19(24)26-18)10-16-12-22-13-28-16/h4-8,12-13,15,17-18H,9-11H2,1-3H3,(H,23,25)/t15-,17?,18?/m1/s1. The van der Waals surface area contributed by atoms with E-state index >= 15 is 0 Å². The molecule has 0 aliphatic carbocycles. The molecule has 1 amide bonds. The van der Waals surface area contributed by atoms with E-state index in [9.17, 15) is 9.59 Å². The van der Waals surface area contributed by atoms with Crippen molar-refractivity contribution in [1.29, 1.82) is 0 Å². The average Bonchev–Trinajstić information content (AvgIpc) is 3.24. The maximum Gasteiger partial charge on any atom is 0.408 e. The Balaban J connectivity index is 1.70. The van der Waals surface area contributed by atoms with Crippen LogP contribution in [0.5, 0.6) is 0 Å². The molecule has 3 atom stereocenters. The molecule has 1 aliphatic rings. The molecule has 6 nitrogen and oxygen atoms in total. The third kappa shape index (κ3) is 5.79. The molecule has 2 heterocycles. The molecule has 0 saturated carbocycles. The summed E-state index contributed by atoms with van der Waals surface area (Å²) in [4.78, 5) is 29.9. The Bertz CT molecular complexity index is 786. The quantitative estimate of drug-likeness (QED) is 0.745. The number of amides is 1. The zero-order valence-electron chi connectivity index (χ0n) is 16.4. The van der Waals surface area contributed by atoms with Crippen molar-refractivity contribution in [3.63, 3.8) is 0 Å². The molecule has 1 N–H and O–H groups in total. The van der Waals surface area contributed by atoms with Gasteiger partial charge in [-0.3, -0.25) is 9.78 Å². The van der Waals surface area contributed by atoms with Crippen molar-refractivity contribution in [2.45, 2.75) is 57.8 Å². The number of aromatic nitrogens is 1. The zero-order chi connectivity index (χ0) is 20.1. The van der Waals surface area contributed by atoms with Gasteiger partial charge in [-0.2, -0.15) is 0 Å². The van der Waals surface area contributed by atoms with Gasteiger partial charge in [-0.1, -0.05) is 30.3 Å². The number of alkyl carbamates (subject to hydrolysis) is 1. The van der Waals surface area contributed by atoms with Crippen LogP contribution in [0.1, 0.15) is 37.6 Å². The van der Waals surface area contributed by atoms with Gasteiger partial charge in [0.15, 0.2) is 0 Å². The molecule has 28 heavy (non-hydrogen) atoms.